The van der Waals surface area contributed by atoms with E-state index in [1.165, 1.54) is 5.56 Å². The Kier molecular flexibility index (Phi) is 7.73. The van der Waals surface area contributed by atoms with Crippen LogP contribution in [-0.2, 0) is 6.54 Å². The fourth-order valence-electron chi connectivity index (χ4n) is 2.81. The Bertz CT molecular complexity index is 731. The molecule has 0 aliphatic carbocycles. The van der Waals surface area contributed by atoms with Crippen LogP contribution in [0, 0.1) is 6.92 Å². The summed E-state index contributed by atoms with van der Waals surface area (Å²) < 4.78 is 0. The third-order valence-electron chi connectivity index (χ3n) is 4.24. The molecule has 0 spiro atoms. The lowest BCUT2D eigenvalue weighted by atomic mass is 10.2. The maximum absolute atomic E-state index is 12.5. The zero-order chi connectivity index (χ0) is 19.8. The second kappa shape index (κ2) is 10.0. The summed E-state index contributed by atoms with van der Waals surface area (Å²) in [4.78, 5) is 25.7. The van der Waals surface area contributed by atoms with Crippen molar-refractivity contribution >= 4 is 11.7 Å². The lowest BCUT2D eigenvalue weighted by molar-refractivity contribution is 0.0947. The molecule has 1 heterocycles. The first kappa shape index (κ1) is 20.8. The van der Waals surface area contributed by atoms with Crippen molar-refractivity contribution in [1.29, 1.82) is 0 Å². The number of hydrogen-bond donors (Lipinski definition) is 1. The van der Waals surface area contributed by atoms with Crippen LogP contribution in [-0.4, -0.2) is 54.0 Å². The molecule has 6 heteroatoms. The van der Waals surface area contributed by atoms with Crippen LogP contribution in [0.4, 0.5) is 5.82 Å². The Hall–Kier alpha value is -2.47. The Morgan fingerprint density at radius 3 is 2.48 bits per heavy atom. The van der Waals surface area contributed by atoms with Gasteiger partial charge in [-0.2, -0.15) is 0 Å². The fraction of sp³-hybridized carbons (Fsp3) is 0.476. The summed E-state index contributed by atoms with van der Waals surface area (Å²) in [5.74, 6) is 1.23. The van der Waals surface area contributed by atoms with Crippen molar-refractivity contribution in [2.75, 3.05) is 32.1 Å². The first-order chi connectivity index (χ1) is 12.9. The lowest BCUT2D eigenvalue weighted by Crippen LogP contribution is -2.32. The van der Waals surface area contributed by atoms with Crippen LogP contribution in [0.25, 0.3) is 0 Å². The van der Waals surface area contributed by atoms with Crippen molar-refractivity contribution in [3.05, 3.63) is 53.5 Å². The Labute approximate surface area is 162 Å². The number of nitrogens with zero attached hydrogens (tertiary/aromatic N) is 4. The number of aryl methyl sites for hydroxylation is 1. The SMILES string of the molecule is Cc1nc(C(=O)NCCCN(C)C)cc(N(Cc2ccccc2)C(C)C)n1. The van der Waals surface area contributed by atoms with E-state index in [2.05, 4.69) is 51.1 Å². The van der Waals surface area contributed by atoms with Crippen LogP contribution in [0.5, 0.6) is 0 Å². The highest BCUT2D eigenvalue weighted by molar-refractivity contribution is 5.92. The highest BCUT2D eigenvalue weighted by atomic mass is 16.1. The van der Waals surface area contributed by atoms with Crippen molar-refractivity contribution in [1.82, 2.24) is 20.2 Å². The van der Waals surface area contributed by atoms with Crippen molar-refractivity contribution < 1.29 is 4.79 Å². The maximum atomic E-state index is 12.5. The monoisotopic (exact) mass is 369 g/mol. The van der Waals surface area contributed by atoms with Crippen molar-refractivity contribution in [2.45, 2.75) is 39.8 Å². The van der Waals surface area contributed by atoms with E-state index in [9.17, 15) is 4.79 Å². The van der Waals surface area contributed by atoms with E-state index in [0.29, 0.717) is 18.1 Å². The van der Waals surface area contributed by atoms with Gasteiger partial charge in [-0.15, -0.1) is 0 Å². The molecule has 2 aromatic rings. The molecule has 1 aromatic carbocycles. The van der Waals surface area contributed by atoms with Gasteiger partial charge in [-0.05, 0) is 53.4 Å². The van der Waals surface area contributed by atoms with Crippen LogP contribution in [0.2, 0.25) is 0 Å². The number of carbonyl (C=O) groups is 1. The Balaban J connectivity index is 2.14. The summed E-state index contributed by atoms with van der Waals surface area (Å²) in [7, 11) is 4.05. The van der Waals surface area contributed by atoms with Gasteiger partial charge >= 0.3 is 0 Å². The van der Waals surface area contributed by atoms with Crippen LogP contribution in [0.15, 0.2) is 36.4 Å². The molecule has 146 valence electrons. The van der Waals surface area contributed by atoms with Crippen molar-refractivity contribution in [2.24, 2.45) is 0 Å². The summed E-state index contributed by atoms with van der Waals surface area (Å²) in [5.41, 5.74) is 1.62. The van der Waals surface area contributed by atoms with E-state index >= 15 is 0 Å². The molecular formula is C21H31N5O. The number of hydrogen-bond acceptors (Lipinski definition) is 5. The quantitative estimate of drug-likeness (QED) is 0.689. The van der Waals surface area contributed by atoms with Gasteiger partial charge in [0.1, 0.15) is 17.3 Å². The van der Waals surface area contributed by atoms with Gasteiger partial charge in [0.15, 0.2) is 0 Å². The van der Waals surface area contributed by atoms with Crippen LogP contribution in [0.3, 0.4) is 0 Å². The molecule has 0 fully saturated rings. The summed E-state index contributed by atoms with van der Waals surface area (Å²) in [6.45, 7) is 8.38. The average Bonchev–Trinajstić information content (AvgIpc) is 2.63. The highest BCUT2D eigenvalue weighted by Crippen LogP contribution is 2.19. The van der Waals surface area contributed by atoms with E-state index in [0.717, 1.165) is 25.3 Å². The summed E-state index contributed by atoms with van der Waals surface area (Å²) in [6, 6.07) is 12.3. The van der Waals surface area contributed by atoms with Crippen molar-refractivity contribution in [3.8, 4) is 0 Å². The van der Waals surface area contributed by atoms with E-state index in [1.807, 2.05) is 39.2 Å². The summed E-state index contributed by atoms with van der Waals surface area (Å²) in [6.07, 6.45) is 0.905. The molecule has 27 heavy (non-hydrogen) atoms. The molecule has 0 bridgehead atoms. The molecule has 0 unspecified atom stereocenters. The standard InChI is InChI=1S/C21H31N5O/c1-16(2)26(15-18-10-7-6-8-11-18)20-14-19(23-17(3)24-20)21(27)22-12-9-13-25(4)5/h6-8,10-11,14,16H,9,12-13,15H2,1-5H3,(H,22,27). The van der Waals surface area contributed by atoms with E-state index < -0.39 is 0 Å². The number of carbonyl (C=O) groups excluding carboxylic acids is 1. The number of aromatic nitrogens is 2. The molecule has 0 radical (unpaired) electrons. The molecule has 6 nitrogen and oxygen atoms in total. The summed E-state index contributed by atoms with van der Waals surface area (Å²) in [5, 5.41) is 2.95. The van der Waals surface area contributed by atoms with Gasteiger partial charge in [0.05, 0.1) is 0 Å². The van der Waals surface area contributed by atoms with Gasteiger partial charge in [-0.25, -0.2) is 9.97 Å². The number of benzene rings is 1. The van der Waals surface area contributed by atoms with E-state index in [1.54, 1.807) is 6.07 Å². The molecule has 0 atom stereocenters. The number of nitrogens with one attached hydrogen (secondary N) is 1. The first-order valence-electron chi connectivity index (χ1n) is 9.46. The molecule has 1 aromatic heterocycles. The highest BCUT2D eigenvalue weighted by Gasteiger charge is 2.17. The van der Waals surface area contributed by atoms with Gasteiger partial charge in [0, 0.05) is 25.2 Å². The van der Waals surface area contributed by atoms with Gasteiger partial charge in [0.2, 0.25) is 0 Å². The maximum Gasteiger partial charge on any atom is 0.270 e. The second-order valence-corrected chi connectivity index (χ2v) is 7.28. The zero-order valence-electron chi connectivity index (χ0n) is 17.1. The predicted molar refractivity (Wildman–Crippen MR) is 110 cm³/mol. The van der Waals surface area contributed by atoms with Crippen LogP contribution in [0.1, 0.15) is 42.1 Å². The molecule has 0 aliphatic heterocycles. The van der Waals surface area contributed by atoms with Gasteiger partial charge in [-0.3, -0.25) is 4.79 Å². The molecule has 0 saturated carbocycles. The smallest absolute Gasteiger partial charge is 0.270 e. The summed E-state index contributed by atoms with van der Waals surface area (Å²) >= 11 is 0. The molecular weight excluding hydrogens is 338 g/mol. The number of rotatable bonds is 9. The number of amides is 1. The lowest BCUT2D eigenvalue weighted by Gasteiger charge is -2.28. The fourth-order valence-corrected chi connectivity index (χ4v) is 2.81. The van der Waals surface area contributed by atoms with E-state index in [4.69, 9.17) is 0 Å². The molecule has 2 rings (SSSR count). The molecule has 0 aliphatic rings. The van der Waals surface area contributed by atoms with Gasteiger partial charge in [0.25, 0.3) is 5.91 Å². The molecule has 1 N–H and O–H groups in total. The van der Waals surface area contributed by atoms with E-state index in [-0.39, 0.29) is 11.9 Å². The largest absolute Gasteiger partial charge is 0.351 e. The Morgan fingerprint density at radius 1 is 1.15 bits per heavy atom. The Morgan fingerprint density at radius 2 is 1.85 bits per heavy atom. The normalized spacial score (nSPS) is 11.1. The number of anilines is 1. The molecule has 1 amide bonds. The van der Waals surface area contributed by atoms with Crippen LogP contribution < -0.4 is 10.2 Å². The minimum atomic E-state index is -0.149. The van der Waals surface area contributed by atoms with Gasteiger partial charge in [-0.1, -0.05) is 30.3 Å². The second-order valence-electron chi connectivity index (χ2n) is 7.28. The van der Waals surface area contributed by atoms with Crippen LogP contribution >= 0.6 is 0 Å². The van der Waals surface area contributed by atoms with Gasteiger partial charge < -0.3 is 15.1 Å². The minimum absolute atomic E-state index is 0.149. The average molecular weight is 370 g/mol. The zero-order valence-corrected chi connectivity index (χ0v) is 17.1. The predicted octanol–water partition coefficient (Wildman–Crippen LogP) is 2.88. The first-order valence-corrected chi connectivity index (χ1v) is 9.46. The van der Waals surface area contributed by atoms with Crippen molar-refractivity contribution in [3.63, 3.8) is 0 Å². The topological polar surface area (TPSA) is 61.4 Å². The third kappa shape index (κ3) is 6.64. The molecule has 0 saturated heterocycles. The minimum Gasteiger partial charge on any atom is -0.351 e. The third-order valence-corrected chi connectivity index (χ3v) is 4.24.